The average Bonchev–Trinajstić information content (AvgIpc) is 2.53. The van der Waals surface area contributed by atoms with Crippen molar-refractivity contribution in [2.75, 3.05) is 19.1 Å². The Kier molecular flexibility index (Phi) is 5.48. The van der Waals surface area contributed by atoms with Crippen molar-refractivity contribution in [3.8, 4) is 17.1 Å². The van der Waals surface area contributed by atoms with E-state index in [9.17, 15) is 0 Å². The normalized spacial score (nSPS) is 10.4. The van der Waals surface area contributed by atoms with Gasteiger partial charge in [-0.3, -0.25) is 0 Å². The van der Waals surface area contributed by atoms with Crippen molar-refractivity contribution in [3.05, 3.63) is 36.0 Å². The zero-order valence-corrected chi connectivity index (χ0v) is 12.3. The first-order valence-corrected chi connectivity index (χ1v) is 6.83. The van der Waals surface area contributed by atoms with E-state index in [1.54, 1.807) is 13.2 Å². The lowest BCUT2D eigenvalue weighted by atomic mass is 10.2. The van der Waals surface area contributed by atoms with Crippen LogP contribution in [0.5, 0.6) is 5.75 Å². The molecule has 0 radical (unpaired) electrons. The monoisotopic (exact) mass is 288 g/mol. The number of aromatic nitrogens is 2. The smallest absolute Gasteiger partial charge is 0.162 e. The number of hydrogen-bond acceptors (Lipinski definition) is 6. The Labute approximate surface area is 124 Å². The Morgan fingerprint density at radius 1 is 1.24 bits per heavy atom. The van der Waals surface area contributed by atoms with Gasteiger partial charge in [-0.1, -0.05) is 19.1 Å². The number of ether oxygens (including phenoxy) is 2. The van der Waals surface area contributed by atoms with Gasteiger partial charge in [0, 0.05) is 18.7 Å². The van der Waals surface area contributed by atoms with Gasteiger partial charge in [-0.05, 0) is 18.6 Å². The molecular weight excluding hydrogens is 268 g/mol. The lowest BCUT2D eigenvalue weighted by molar-refractivity contribution is 0.181. The van der Waals surface area contributed by atoms with Gasteiger partial charge in [-0.2, -0.15) is 0 Å². The standard InChI is InChI=1S/C15H20N4O2/c1-3-7-21-13-6-4-5-11(8-13)15-17-12(10-20-2)9-14(18-15)19-16/h4-6,8-9H,3,7,10,16H2,1-2H3,(H,17,18,19). The van der Waals surface area contributed by atoms with Gasteiger partial charge in [-0.25, -0.2) is 15.8 Å². The van der Waals surface area contributed by atoms with Crippen molar-refractivity contribution in [1.82, 2.24) is 9.97 Å². The lowest BCUT2D eigenvalue weighted by Crippen LogP contribution is -2.11. The summed E-state index contributed by atoms with van der Waals surface area (Å²) < 4.78 is 10.7. The highest BCUT2D eigenvalue weighted by atomic mass is 16.5. The minimum Gasteiger partial charge on any atom is -0.494 e. The zero-order chi connectivity index (χ0) is 15.1. The molecule has 0 aliphatic heterocycles. The summed E-state index contributed by atoms with van der Waals surface area (Å²) in [5.41, 5.74) is 4.18. The number of anilines is 1. The molecular formula is C15H20N4O2. The van der Waals surface area contributed by atoms with Crippen LogP contribution in [-0.2, 0) is 11.3 Å². The average molecular weight is 288 g/mol. The molecule has 21 heavy (non-hydrogen) atoms. The summed E-state index contributed by atoms with van der Waals surface area (Å²) in [6.45, 7) is 3.15. The summed E-state index contributed by atoms with van der Waals surface area (Å²) in [5.74, 6) is 7.39. The number of hydrazine groups is 1. The molecule has 0 fully saturated rings. The van der Waals surface area contributed by atoms with Crippen LogP contribution in [0, 0.1) is 0 Å². The Hall–Kier alpha value is -2.18. The highest BCUT2D eigenvalue weighted by Gasteiger charge is 2.07. The fourth-order valence-electron chi connectivity index (χ4n) is 1.87. The van der Waals surface area contributed by atoms with Crippen LogP contribution in [0.15, 0.2) is 30.3 Å². The van der Waals surface area contributed by atoms with Crippen molar-refractivity contribution >= 4 is 5.82 Å². The van der Waals surface area contributed by atoms with Crippen molar-refractivity contribution in [1.29, 1.82) is 0 Å². The quantitative estimate of drug-likeness (QED) is 0.601. The molecule has 6 nitrogen and oxygen atoms in total. The SMILES string of the molecule is CCCOc1cccc(-c2nc(COC)cc(NN)n2)c1. The van der Waals surface area contributed by atoms with Crippen LogP contribution < -0.4 is 16.0 Å². The summed E-state index contributed by atoms with van der Waals surface area (Å²) in [7, 11) is 1.62. The number of methoxy groups -OCH3 is 1. The molecule has 2 rings (SSSR count). The Bertz CT molecular complexity index is 590. The molecule has 0 aliphatic rings. The molecule has 0 amide bonds. The molecule has 1 aromatic heterocycles. The van der Waals surface area contributed by atoms with Crippen molar-refractivity contribution in [3.63, 3.8) is 0 Å². The Morgan fingerprint density at radius 3 is 2.81 bits per heavy atom. The van der Waals surface area contributed by atoms with Crippen LogP contribution in [0.2, 0.25) is 0 Å². The lowest BCUT2D eigenvalue weighted by Gasteiger charge is -2.09. The molecule has 112 valence electrons. The maximum Gasteiger partial charge on any atom is 0.162 e. The second-order valence-corrected chi connectivity index (χ2v) is 4.52. The van der Waals surface area contributed by atoms with Crippen molar-refractivity contribution < 1.29 is 9.47 Å². The molecule has 0 atom stereocenters. The third-order valence-corrected chi connectivity index (χ3v) is 2.78. The van der Waals surface area contributed by atoms with Gasteiger partial charge in [0.1, 0.15) is 11.6 Å². The van der Waals surface area contributed by atoms with Gasteiger partial charge in [0.05, 0.1) is 18.9 Å². The van der Waals surface area contributed by atoms with E-state index in [2.05, 4.69) is 22.3 Å². The van der Waals surface area contributed by atoms with Crippen LogP contribution in [0.4, 0.5) is 5.82 Å². The van der Waals surface area contributed by atoms with E-state index >= 15 is 0 Å². The molecule has 0 bridgehead atoms. The van der Waals surface area contributed by atoms with E-state index in [1.807, 2.05) is 24.3 Å². The first kappa shape index (κ1) is 15.2. The van der Waals surface area contributed by atoms with Crippen LogP contribution in [0.25, 0.3) is 11.4 Å². The van der Waals surface area contributed by atoms with E-state index in [0.29, 0.717) is 24.9 Å². The summed E-state index contributed by atoms with van der Waals surface area (Å²) in [6.07, 6.45) is 0.964. The number of nitrogens with one attached hydrogen (secondary N) is 1. The molecule has 0 saturated carbocycles. The van der Waals surface area contributed by atoms with Gasteiger partial charge in [0.2, 0.25) is 0 Å². The first-order valence-electron chi connectivity index (χ1n) is 6.83. The van der Waals surface area contributed by atoms with Crippen LogP contribution in [0.1, 0.15) is 19.0 Å². The fourth-order valence-corrected chi connectivity index (χ4v) is 1.87. The second kappa shape index (κ2) is 7.56. The first-order chi connectivity index (χ1) is 10.3. The van der Waals surface area contributed by atoms with Gasteiger partial charge in [0.25, 0.3) is 0 Å². The second-order valence-electron chi connectivity index (χ2n) is 4.52. The molecule has 1 aromatic carbocycles. The molecule has 3 N–H and O–H groups in total. The van der Waals surface area contributed by atoms with Gasteiger partial charge < -0.3 is 14.9 Å². The molecule has 0 spiro atoms. The van der Waals surface area contributed by atoms with Crippen LogP contribution in [-0.4, -0.2) is 23.7 Å². The number of hydrogen-bond donors (Lipinski definition) is 2. The maximum atomic E-state index is 5.63. The predicted octanol–water partition coefficient (Wildman–Crippen LogP) is 2.36. The topological polar surface area (TPSA) is 82.3 Å². The minimum absolute atomic E-state index is 0.399. The molecule has 0 unspecified atom stereocenters. The van der Waals surface area contributed by atoms with E-state index in [4.69, 9.17) is 15.3 Å². The summed E-state index contributed by atoms with van der Waals surface area (Å²) in [6, 6.07) is 9.44. The number of nitrogens with two attached hydrogens (primary N) is 1. The minimum atomic E-state index is 0.399. The fraction of sp³-hybridized carbons (Fsp3) is 0.333. The molecule has 6 heteroatoms. The number of nitrogens with zero attached hydrogens (tertiary/aromatic N) is 2. The van der Waals surface area contributed by atoms with Crippen molar-refractivity contribution in [2.24, 2.45) is 5.84 Å². The largest absolute Gasteiger partial charge is 0.494 e. The molecule has 2 aromatic rings. The summed E-state index contributed by atoms with van der Waals surface area (Å²) in [5, 5.41) is 0. The van der Waals surface area contributed by atoms with Crippen LogP contribution >= 0.6 is 0 Å². The Morgan fingerprint density at radius 2 is 2.10 bits per heavy atom. The van der Waals surface area contributed by atoms with E-state index in [0.717, 1.165) is 23.4 Å². The van der Waals surface area contributed by atoms with E-state index in [1.165, 1.54) is 0 Å². The summed E-state index contributed by atoms with van der Waals surface area (Å²) in [4.78, 5) is 8.84. The van der Waals surface area contributed by atoms with Gasteiger partial charge in [0.15, 0.2) is 5.82 Å². The Balaban J connectivity index is 2.33. The van der Waals surface area contributed by atoms with E-state index < -0.39 is 0 Å². The molecule has 0 aliphatic carbocycles. The molecule has 1 heterocycles. The highest BCUT2D eigenvalue weighted by molar-refractivity contribution is 5.59. The zero-order valence-electron chi connectivity index (χ0n) is 12.3. The van der Waals surface area contributed by atoms with E-state index in [-0.39, 0.29) is 0 Å². The third kappa shape index (κ3) is 4.14. The summed E-state index contributed by atoms with van der Waals surface area (Å²) >= 11 is 0. The third-order valence-electron chi connectivity index (χ3n) is 2.78. The number of rotatable bonds is 7. The number of nitrogen functional groups attached to an aromatic ring is 1. The highest BCUT2D eigenvalue weighted by Crippen LogP contribution is 2.23. The van der Waals surface area contributed by atoms with Crippen molar-refractivity contribution in [2.45, 2.75) is 20.0 Å². The van der Waals surface area contributed by atoms with Crippen LogP contribution in [0.3, 0.4) is 0 Å². The maximum absolute atomic E-state index is 5.63. The molecule has 0 saturated heterocycles. The van der Waals surface area contributed by atoms with Gasteiger partial charge in [-0.15, -0.1) is 0 Å². The predicted molar refractivity (Wildman–Crippen MR) is 81.8 cm³/mol. The van der Waals surface area contributed by atoms with Gasteiger partial charge >= 0.3 is 0 Å². The number of benzene rings is 1.